The molecule has 2 saturated heterocycles. The van der Waals surface area contributed by atoms with Crippen molar-refractivity contribution >= 4 is 23.5 Å². The van der Waals surface area contributed by atoms with Crippen LogP contribution in [0, 0.1) is 11.3 Å². The average molecular weight is 501 g/mol. The second-order valence-corrected chi connectivity index (χ2v) is 9.23. The molecule has 36 heavy (non-hydrogen) atoms. The molecule has 3 N–H and O–H groups in total. The zero-order chi connectivity index (χ0) is 25.3. The summed E-state index contributed by atoms with van der Waals surface area (Å²) in [5.41, 5.74) is 5.34. The van der Waals surface area contributed by atoms with E-state index in [1.807, 2.05) is 0 Å². The average Bonchev–Trinajstić information content (AvgIpc) is 3.56. The fraction of sp³-hybridized carbons (Fsp3) is 0.609. The highest BCUT2D eigenvalue weighted by molar-refractivity contribution is 5.75. The molecule has 2 aromatic heterocycles. The molecule has 0 aromatic carbocycles. The second-order valence-electron chi connectivity index (χ2n) is 9.23. The number of nitrogens with zero attached hydrogens (tertiary/aromatic N) is 4. The Balaban J connectivity index is 1.23. The van der Waals surface area contributed by atoms with Crippen LogP contribution in [0.1, 0.15) is 50.8 Å². The number of hydrogen-bond donors (Lipinski definition) is 2. The Bertz CT molecular complexity index is 1180. The number of nitrogens with two attached hydrogens (primary N) is 1. The highest BCUT2D eigenvalue weighted by atomic mass is 16.8. The summed E-state index contributed by atoms with van der Waals surface area (Å²) >= 11 is 0. The number of nitrogens with one attached hydrogen (secondary N) is 1. The highest BCUT2D eigenvalue weighted by Crippen LogP contribution is 2.46. The van der Waals surface area contributed by atoms with Crippen molar-refractivity contribution in [1.29, 1.82) is 5.26 Å². The van der Waals surface area contributed by atoms with Gasteiger partial charge in [-0.1, -0.05) is 6.42 Å². The van der Waals surface area contributed by atoms with Crippen LogP contribution in [0.3, 0.4) is 0 Å². The van der Waals surface area contributed by atoms with Crippen LogP contribution in [0.5, 0.6) is 0 Å². The van der Waals surface area contributed by atoms with E-state index in [2.05, 4.69) is 21.5 Å². The molecular weight excluding hydrogens is 472 g/mol. The van der Waals surface area contributed by atoms with E-state index < -0.39 is 36.1 Å². The summed E-state index contributed by atoms with van der Waals surface area (Å²) in [6, 6.07) is 4.92. The first kappa shape index (κ1) is 24.2. The predicted molar refractivity (Wildman–Crippen MR) is 121 cm³/mol. The number of anilines is 1. The molecule has 5 atom stereocenters. The number of ether oxygens (including phenoxy) is 5. The fourth-order valence-corrected chi connectivity index (χ4v) is 4.89. The minimum atomic E-state index is -1.64. The Morgan fingerprint density at radius 3 is 2.94 bits per heavy atom. The van der Waals surface area contributed by atoms with Gasteiger partial charge in [0.05, 0.1) is 19.0 Å². The van der Waals surface area contributed by atoms with Crippen molar-refractivity contribution < 1.29 is 33.3 Å². The lowest BCUT2D eigenvalue weighted by Crippen LogP contribution is -2.46. The van der Waals surface area contributed by atoms with E-state index in [0.29, 0.717) is 11.2 Å². The maximum atomic E-state index is 12.4. The van der Waals surface area contributed by atoms with Crippen molar-refractivity contribution in [3.05, 3.63) is 24.2 Å². The Hall–Kier alpha value is -3.47. The van der Waals surface area contributed by atoms with Crippen LogP contribution < -0.4 is 11.1 Å². The SMILES string of the molecule is C[C@H](NCOC[C@@]1(C#N)O[C@@H](c2ccc3c(N)ncnn23)[C@@H]2OC(=O)O[C@@H]21)C(=O)OC1CCCCC1. The molecule has 0 amide bonds. The first-order chi connectivity index (χ1) is 17.4. The summed E-state index contributed by atoms with van der Waals surface area (Å²) in [5, 5.41) is 17.2. The largest absolute Gasteiger partial charge is 0.509 e. The van der Waals surface area contributed by atoms with E-state index in [9.17, 15) is 14.9 Å². The zero-order valence-electron chi connectivity index (χ0n) is 19.8. The molecule has 1 aliphatic carbocycles. The molecule has 0 radical (unpaired) electrons. The van der Waals surface area contributed by atoms with E-state index in [0.717, 1.165) is 25.7 Å². The van der Waals surface area contributed by atoms with Gasteiger partial charge in [0.1, 0.15) is 36.2 Å². The molecule has 5 rings (SSSR count). The molecular formula is C23H28N6O7. The van der Waals surface area contributed by atoms with Gasteiger partial charge in [0.2, 0.25) is 5.60 Å². The van der Waals surface area contributed by atoms with Crippen molar-refractivity contribution in [3.8, 4) is 6.07 Å². The van der Waals surface area contributed by atoms with Crippen molar-refractivity contribution in [2.75, 3.05) is 19.1 Å². The smallest absolute Gasteiger partial charge is 0.461 e. The number of hydrogen-bond acceptors (Lipinski definition) is 12. The maximum Gasteiger partial charge on any atom is 0.509 e. The van der Waals surface area contributed by atoms with Crippen molar-refractivity contribution in [3.63, 3.8) is 0 Å². The van der Waals surface area contributed by atoms with Crippen LogP contribution in [0.2, 0.25) is 0 Å². The quantitative estimate of drug-likeness (QED) is 0.303. The normalized spacial score (nSPS) is 28.8. The third-order valence-corrected chi connectivity index (χ3v) is 6.84. The molecule has 2 aliphatic heterocycles. The molecule has 13 heteroatoms. The molecule has 4 heterocycles. The van der Waals surface area contributed by atoms with Gasteiger partial charge in [-0.25, -0.2) is 14.3 Å². The lowest BCUT2D eigenvalue weighted by molar-refractivity contribution is -0.153. The third-order valence-electron chi connectivity index (χ3n) is 6.84. The van der Waals surface area contributed by atoms with Gasteiger partial charge >= 0.3 is 12.1 Å². The summed E-state index contributed by atoms with van der Waals surface area (Å²) in [6.07, 6.45) is 2.64. The molecule has 192 valence electrons. The second kappa shape index (κ2) is 9.88. The molecule has 3 aliphatic rings. The van der Waals surface area contributed by atoms with E-state index in [1.54, 1.807) is 19.1 Å². The number of fused-ring (bicyclic) bond motifs is 2. The highest BCUT2D eigenvalue weighted by Gasteiger charge is 2.64. The van der Waals surface area contributed by atoms with Gasteiger partial charge in [0, 0.05) is 0 Å². The number of aromatic nitrogens is 3. The first-order valence-electron chi connectivity index (χ1n) is 12.0. The third kappa shape index (κ3) is 4.43. The van der Waals surface area contributed by atoms with Gasteiger partial charge < -0.3 is 29.4 Å². The van der Waals surface area contributed by atoms with Crippen LogP contribution in [0.15, 0.2) is 18.5 Å². The molecule has 0 bridgehead atoms. The molecule has 0 spiro atoms. The van der Waals surface area contributed by atoms with E-state index in [-0.39, 0.29) is 31.2 Å². The summed E-state index contributed by atoms with van der Waals surface area (Å²) in [4.78, 5) is 28.3. The lowest BCUT2D eigenvalue weighted by atomic mass is 9.96. The molecule has 1 saturated carbocycles. The van der Waals surface area contributed by atoms with Gasteiger partial charge in [-0.2, -0.15) is 10.4 Å². The number of esters is 1. The van der Waals surface area contributed by atoms with Crippen molar-refractivity contribution in [2.24, 2.45) is 0 Å². The summed E-state index contributed by atoms with van der Waals surface area (Å²) in [6.45, 7) is 1.39. The number of carbonyl (C=O) groups excluding carboxylic acids is 2. The van der Waals surface area contributed by atoms with Gasteiger partial charge in [0.15, 0.2) is 18.0 Å². The topological polar surface area (TPSA) is 172 Å². The number of nitrogen functional groups attached to an aromatic ring is 1. The van der Waals surface area contributed by atoms with Crippen LogP contribution >= 0.6 is 0 Å². The zero-order valence-corrected chi connectivity index (χ0v) is 19.8. The van der Waals surface area contributed by atoms with Crippen LogP contribution in [-0.4, -0.2) is 70.0 Å². The minimum Gasteiger partial charge on any atom is -0.461 e. The van der Waals surface area contributed by atoms with E-state index in [4.69, 9.17) is 29.4 Å². The first-order valence-corrected chi connectivity index (χ1v) is 12.0. The Morgan fingerprint density at radius 1 is 1.36 bits per heavy atom. The Kier molecular flexibility index (Phi) is 6.65. The summed E-state index contributed by atoms with van der Waals surface area (Å²) in [7, 11) is 0. The monoisotopic (exact) mass is 500 g/mol. The lowest BCUT2D eigenvalue weighted by Gasteiger charge is -2.26. The molecule has 3 fully saturated rings. The molecule has 2 aromatic rings. The van der Waals surface area contributed by atoms with Gasteiger partial charge in [-0.05, 0) is 44.7 Å². The fourth-order valence-electron chi connectivity index (χ4n) is 4.89. The number of rotatable bonds is 8. The molecule has 0 unspecified atom stereocenters. The van der Waals surface area contributed by atoms with E-state index >= 15 is 0 Å². The number of nitriles is 1. The van der Waals surface area contributed by atoms with Crippen molar-refractivity contribution in [1.82, 2.24) is 19.9 Å². The van der Waals surface area contributed by atoms with Gasteiger partial charge in [-0.3, -0.25) is 10.1 Å². The Morgan fingerprint density at radius 2 is 2.17 bits per heavy atom. The van der Waals surface area contributed by atoms with Gasteiger partial charge in [0.25, 0.3) is 0 Å². The summed E-state index contributed by atoms with van der Waals surface area (Å²) in [5.74, 6) is -0.0835. The van der Waals surface area contributed by atoms with Crippen molar-refractivity contribution in [2.45, 2.75) is 75.1 Å². The maximum absolute atomic E-state index is 12.4. The standard InChI is InChI=1S/C23H28N6O7/c1-13(21(30)33-14-5-3-2-4-6-14)27-12-32-10-23(9-24)19-18(34-22(31)35-19)17(36-23)15-7-8-16-20(25)26-11-28-29(15)16/h7-8,11,13-14,17-19,27H,2-6,10,12H2,1H3,(H2,25,26,28)/t13-,17-,18-,19-,23+/m0/s1. The molecule has 13 nitrogen and oxygen atoms in total. The minimum absolute atomic E-state index is 0.0400. The number of carbonyl (C=O) groups is 2. The van der Waals surface area contributed by atoms with Crippen LogP contribution in [-0.2, 0) is 28.5 Å². The van der Waals surface area contributed by atoms with E-state index in [1.165, 1.54) is 17.3 Å². The Labute approximate surface area is 206 Å². The van der Waals surface area contributed by atoms with Gasteiger partial charge in [-0.15, -0.1) is 0 Å². The van der Waals surface area contributed by atoms with Crippen LogP contribution in [0.25, 0.3) is 5.52 Å². The van der Waals surface area contributed by atoms with Crippen LogP contribution in [0.4, 0.5) is 10.6 Å². The predicted octanol–water partition coefficient (Wildman–Crippen LogP) is 1.38. The summed E-state index contributed by atoms with van der Waals surface area (Å²) < 4.78 is 29.5.